The van der Waals surface area contributed by atoms with E-state index in [1.54, 1.807) is 42.5 Å². The largest absolute Gasteiger partial charge is 0.433 e. The van der Waals surface area contributed by atoms with E-state index < -0.39 is 11.9 Å². The first-order valence-corrected chi connectivity index (χ1v) is 8.03. The van der Waals surface area contributed by atoms with E-state index in [0.29, 0.717) is 11.1 Å². The van der Waals surface area contributed by atoms with Crippen molar-refractivity contribution in [2.75, 3.05) is 0 Å². The highest BCUT2D eigenvalue weighted by Crippen LogP contribution is 2.41. The zero-order valence-corrected chi connectivity index (χ0v) is 13.8. The topological polar surface area (TPSA) is 41.6 Å². The normalized spacial score (nSPS) is 11.8. The van der Waals surface area contributed by atoms with E-state index in [-0.39, 0.29) is 17.0 Å². The lowest BCUT2D eigenvalue weighted by Gasteiger charge is -2.11. The Morgan fingerprint density at radius 3 is 2.35 bits per heavy atom. The molecule has 0 fully saturated rings. The first-order valence-electron chi connectivity index (χ1n) is 8.03. The van der Waals surface area contributed by atoms with Crippen LogP contribution in [0.4, 0.5) is 13.2 Å². The van der Waals surface area contributed by atoms with Crippen LogP contribution in [-0.2, 0) is 6.18 Å². The van der Waals surface area contributed by atoms with Crippen molar-refractivity contribution in [2.24, 2.45) is 0 Å². The summed E-state index contributed by atoms with van der Waals surface area (Å²) in [7, 11) is 0. The van der Waals surface area contributed by atoms with Crippen molar-refractivity contribution in [2.45, 2.75) is 13.1 Å². The number of aromatic amines is 1. The van der Waals surface area contributed by atoms with Gasteiger partial charge in [0.25, 0.3) is 0 Å². The summed E-state index contributed by atoms with van der Waals surface area (Å²) in [5, 5.41) is 7.03. The van der Waals surface area contributed by atoms with Gasteiger partial charge in [-0.25, -0.2) is 4.98 Å². The van der Waals surface area contributed by atoms with Gasteiger partial charge in [-0.1, -0.05) is 48.5 Å². The van der Waals surface area contributed by atoms with Gasteiger partial charge < -0.3 is 0 Å². The first kappa shape index (κ1) is 16.3. The summed E-state index contributed by atoms with van der Waals surface area (Å²) in [5.74, 6) is 0. The van der Waals surface area contributed by atoms with Gasteiger partial charge in [0.05, 0.1) is 16.8 Å². The minimum absolute atomic E-state index is 0.0300. The Labute approximate surface area is 147 Å². The quantitative estimate of drug-likeness (QED) is 0.508. The molecule has 0 aliphatic rings. The highest BCUT2D eigenvalue weighted by molar-refractivity contribution is 5.88. The van der Waals surface area contributed by atoms with E-state index in [4.69, 9.17) is 0 Å². The zero-order chi connectivity index (χ0) is 18.3. The van der Waals surface area contributed by atoms with Gasteiger partial charge in [-0.05, 0) is 24.6 Å². The lowest BCUT2D eigenvalue weighted by atomic mass is 10.00. The first-order chi connectivity index (χ1) is 12.4. The maximum absolute atomic E-state index is 13.6. The molecule has 0 radical (unpaired) electrons. The summed E-state index contributed by atoms with van der Waals surface area (Å²) in [6.45, 7) is 1.86. The minimum atomic E-state index is -4.56. The van der Waals surface area contributed by atoms with Crippen molar-refractivity contribution < 1.29 is 13.2 Å². The zero-order valence-electron chi connectivity index (χ0n) is 13.8. The summed E-state index contributed by atoms with van der Waals surface area (Å²) < 4.78 is 40.7. The van der Waals surface area contributed by atoms with Crippen molar-refractivity contribution in [3.8, 4) is 22.5 Å². The number of nitrogens with zero attached hydrogens (tertiary/aromatic N) is 2. The van der Waals surface area contributed by atoms with Gasteiger partial charge in [0.15, 0.2) is 0 Å². The molecule has 2 heterocycles. The number of aryl methyl sites for hydroxylation is 1. The van der Waals surface area contributed by atoms with Gasteiger partial charge in [-0.3, -0.25) is 5.10 Å². The standard InChI is InChI=1S/C20H14F3N3/c1-12-11-16(24-15-10-6-5-9-14(12)15)17-18(13-7-3-2-4-8-13)25-26-19(17)20(21,22)23/h2-11H,1H3,(H,25,26). The van der Waals surface area contributed by atoms with Crippen LogP contribution in [0.5, 0.6) is 0 Å². The molecule has 0 aliphatic heterocycles. The molecule has 26 heavy (non-hydrogen) atoms. The highest BCUT2D eigenvalue weighted by atomic mass is 19.4. The molecule has 0 unspecified atom stereocenters. The molecule has 0 atom stereocenters. The number of hydrogen-bond donors (Lipinski definition) is 1. The van der Waals surface area contributed by atoms with Gasteiger partial charge >= 0.3 is 6.18 Å². The second-order valence-electron chi connectivity index (χ2n) is 6.03. The Morgan fingerprint density at radius 2 is 1.62 bits per heavy atom. The Bertz CT molecular complexity index is 1080. The lowest BCUT2D eigenvalue weighted by molar-refractivity contribution is -0.140. The Kier molecular flexibility index (Phi) is 3.76. The monoisotopic (exact) mass is 353 g/mol. The number of halogens is 3. The fraction of sp³-hybridized carbons (Fsp3) is 0.100. The van der Waals surface area contributed by atoms with Gasteiger partial charge in [0, 0.05) is 10.9 Å². The van der Waals surface area contributed by atoms with E-state index in [1.165, 1.54) is 0 Å². The van der Waals surface area contributed by atoms with Crippen LogP contribution >= 0.6 is 0 Å². The van der Waals surface area contributed by atoms with Crippen LogP contribution < -0.4 is 0 Å². The molecule has 0 spiro atoms. The number of nitrogens with one attached hydrogen (secondary N) is 1. The number of H-pyrrole nitrogens is 1. The molecular formula is C20H14F3N3. The van der Waals surface area contributed by atoms with Gasteiger partial charge in [-0.2, -0.15) is 18.3 Å². The molecule has 0 amide bonds. The van der Waals surface area contributed by atoms with Crippen molar-refractivity contribution >= 4 is 10.9 Å². The third-order valence-electron chi connectivity index (χ3n) is 4.28. The fourth-order valence-corrected chi connectivity index (χ4v) is 3.08. The number of benzene rings is 2. The van der Waals surface area contributed by atoms with Crippen molar-refractivity contribution in [1.82, 2.24) is 15.2 Å². The Morgan fingerprint density at radius 1 is 0.923 bits per heavy atom. The van der Waals surface area contributed by atoms with Crippen LogP contribution in [0.15, 0.2) is 60.7 Å². The number of pyridine rings is 1. The van der Waals surface area contributed by atoms with E-state index in [9.17, 15) is 13.2 Å². The van der Waals surface area contributed by atoms with E-state index in [0.717, 1.165) is 10.9 Å². The van der Waals surface area contributed by atoms with Crippen molar-refractivity contribution in [1.29, 1.82) is 0 Å². The SMILES string of the molecule is Cc1cc(-c2c(-c3ccccc3)n[nH]c2C(F)(F)F)nc2ccccc12. The van der Waals surface area contributed by atoms with E-state index in [2.05, 4.69) is 15.2 Å². The van der Waals surface area contributed by atoms with Crippen LogP contribution in [0.25, 0.3) is 33.4 Å². The fourth-order valence-electron chi connectivity index (χ4n) is 3.08. The van der Waals surface area contributed by atoms with Crippen LogP contribution in [0.3, 0.4) is 0 Å². The number of alkyl halides is 3. The maximum atomic E-state index is 13.6. The van der Waals surface area contributed by atoms with Crippen molar-refractivity contribution in [3.63, 3.8) is 0 Å². The average molecular weight is 353 g/mol. The highest BCUT2D eigenvalue weighted by Gasteiger charge is 2.38. The molecule has 6 heteroatoms. The molecule has 1 N–H and O–H groups in total. The third-order valence-corrected chi connectivity index (χ3v) is 4.28. The predicted octanol–water partition coefficient (Wildman–Crippen LogP) is 5.62. The Balaban J connectivity index is 2.03. The molecule has 4 aromatic rings. The molecule has 0 aliphatic carbocycles. The molecular weight excluding hydrogens is 339 g/mol. The average Bonchev–Trinajstić information content (AvgIpc) is 3.08. The van der Waals surface area contributed by atoms with Gasteiger partial charge in [0.1, 0.15) is 11.4 Å². The van der Waals surface area contributed by atoms with Crippen molar-refractivity contribution in [3.05, 3.63) is 71.9 Å². The molecule has 2 aromatic carbocycles. The lowest BCUT2D eigenvalue weighted by Crippen LogP contribution is -2.08. The number of para-hydroxylation sites is 1. The Hall–Kier alpha value is -3.15. The number of fused-ring (bicyclic) bond motifs is 1. The van der Waals surface area contributed by atoms with E-state index >= 15 is 0 Å². The summed E-state index contributed by atoms with van der Waals surface area (Å²) in [4.78, 5) is 4.48. The summed E-state index contributed by atoms with van der Waals surface area (Å²) in [6.07, 6.45) is -4.56. The summed E-state index contributed by atoms with van der Waals surface area (Å²) in [6, 6.07) is 17.9. The molecule has 0 saturated heterocycles. The number of rotatable bonds is 2. The molecule has 2 aromatic heterocycles. The van der Waals surface area contributed by atoms with Gasteiger partial charge in [-0.15, -0.1) is 0 Å². The minimum Gasteiger partial charge on any atom is -0.272 e. The summed E-state index contributed by atoms with van der Waals surface area (Å²) >= 11 is 0. The van der Waals surface area contributed by atoms with Crippen LogP contribution in [0.1, 0.15) is 11.3 Å². The number of aromatic nitrogens is 3. The molecule has 3 nitrogen and oxygen atoms in total. The second kappa shape index (κ2) is 5.98. The van der Waals surface area contributed by atoms with Crippen LogP contribution in [-0.4, -0.2) is 15.2 Å². The van der Waals surface area contributed by atoms with Crippen LogP contribution in [0.2, 0.25) is 0 Å². The van der Waals surface area contributed by atoms with Gasteiger partial charge in [0.2, 0.25) is 0 Å². The third kappa shape index (κ3) is 2.73. The number of hydrogen-bond acceptors (Lipinski definition) is 2. The molecule has 130 valence electrons. The predicted molar refractivity (Wildman–Crippen MR) is 94.5 cm³/mol. The van der Waals surface area contributed by atoms with E-state index in [1.807, 2.05) is 25.1 Å². The second-order valence-corrected chi connectivity index (χ2v) is 6.03. The molecule has 4 rings (SSSR count). The smallest absolute Gasteiger partial charge is 0.272 e. The molecule has 0 saturated carbocycles. The summed E-state index contributed by atoms with van der Waals surface area (Å²) in [5.41, 5.74) is 1.67. The van der Waals surface area contributed by atoms with Crippen LogP contribution in [0, 0.1) is 6.92 Å². The molecule has 0 bridgehead atoms. The maximum Gasteiger partial charge on any atom is 0.433 e.